The van der Waals surface area contributed by atoms with Crippen molar-refractivity contribution < 1.29 is 14.7 Å². The summed E-state index contributed by atoms with van der Waals surface area (Å²) in [5.74, 6) is 0.470. The molecule has 1 aliphatic rings. The molecule has 1 heterocycles. The molecule has 3 N–H and O–H groups in total. The van der Waals surface area contributed by atoms with Gasteiger partial charge in [-0.1, -0.05) is 24.2 Å². The number of ether oxygens (including phenoxy) is 1. The van der Waals surface area contributed by atoms with Crippen LogP contribution in [0.15, 0.2) is 29.4 Å². The van der Waals surface area contributed by atoms with Crippen LogP contribution in [0.2, 0.25) is 0 Å². The van der Waals surface area contributed by atoms with E-state index in [2.05, 4.69) is 12.1 Å². The smallest absolute Gasteiger partial charge is 0.253 e. The van der Waals surface area contributed by atoms with Gasteiger partial charge in [-0.25, -0.2) is 0 Å². The molecule has 1 saturated heterocycles. The molecule has 2 atom stereocenters. The second kappa shape index (κ2) is 6.58. The maximum atomic E-state index is 12.5. The van der Waals surface area contributed by atoms with Crippen molar-refractivity contribution in [2.45, 2.75) is 19.4 Å². The highest BCUT2D eigenvalue weighted by Gasteiger charge is 2.29. The average Bonchev–Trinajstić information content (AvgIpc) is 2.54. The molecule has 2 unspecified atom stereocenters. The van der Waals surface area contributed by atoms with Crippen molar-refractivity contribution >= 4 is 11.7 Å². The third kappa shape index (κ3) is 3.33. The average molecular weight is 291 g/mol. The van der Waals surface area contributed by atoms with E-state index in [1.807, 2.05) is 4.90 Å². The van der Waals surface area contributed by atoms with Gasteiger partial charge >= 0.3 is 0 Å². The van der Waals surface area contributed by atoms with Crippen molar-refractivity contribution in [3.8, 4) is 0 Å². The van der Waals surface area contributed by atoms with E-state index in [0.29, 0.717) is 23.6 Å². The van der Waals surface area contributed by atoms with Crippen LogP contribution in [-0.2, 0) is 4.74 Å². The monoisotopic (exact) mass is 291 g/mol. The predicted molar refractivity (Wildman–Crippen MR) is 79.4 cm³/mol. The van der Waals surface area contributed by atoms with Crippen LogP contribution in [0.5, 0.6) is 0 Å². The van der Waals surface area contributed by atoms with E-state index < -0.39 is 0 Å². The molecule has 0 spiro atoms. The van der Waals surface area contributed by atoms with Crippen LogP contribution < -0.4 is 5.73 Å². The largest absolute Gasteiger partial charge is 0.409 e. The van der Waals surface area contributed by atoms with Crippen LogP contribution in [0.4, 0.5) is 0 Å². The Kier molecular flexibility index (Phi) is 4.80. The van der Waals surface area contributed by atoms with Crippen LogP contribution in [0.1, 0.15) is 29.3 Å². The van der Waals surface area contributed by atoms with Gasteiger partial charge in [0.25, 0.3) is 5.91 Å². The number of methoxy groups -OCH3 is 1. The number of rotatable bonds is 3. The fourth-order valence-electron chi connectivity index (χ4n) is 2.55. The van der Waals surface area contributed by atoms with E-state index in [4.69, 9.17) is 15.7 Å². The third-order valence-corrected chi connectivity index (χ3v) is 4.01. The lowest BCUT2D eigenvalue weighted by Gasteiger charge is -2.36. The third-order valence-electron chi connectivity index (χ3n) is 4.01. The summed E-state index contributed by atoms with van der Waals surface area (Å²) in [5.41, 5.74) is 6.67. The number of amidine groups is 1. The molecule has 0 aromatic heterocycles. The van der Waals surface area contributed by atoms with Crippen LogP contribution in [0.3, 0.4) is 0 Å². The van der Waals surface area contributed by atoms with E-state index in [1.54, 1.807) is 31.4 Å². The maximum Gasteiger partial charge on any atom is 0.253 e. The summed E-state index contributed by atoms with van der Waals surface area (Å²) < 4.78 is 5.43. The van der Waals surface area contributed by atoms with E-state index in [-0.39, 0.29) is 17.8 Å². The van der Waals surface area contributed by atoms with Crippen molar-refractivity contribution in [3.63, 3.8) is 0 Å². The first kappa shape index (κ1) is 15.3. The Balaban J connectivity index is 2.09. The number of hydrogen-bond donors (Lipinski definition) is 2. The lowest BCUT2D eigenvalue weighted by Crippen LogP contribution is -2.46. The van der Waals surface area contributed by atoms with Gasteiger partial charge in [0.2, 0.25) is 0 Å². The molecule has 0 saturated carbocycles. The number of piperidine rings is 1. The minimum atomic E-state index is -0.0185. The van der Waals surface area contributed by atoms with Gasteiger partial charge in [0.05, 0.1) is 6.10 Å². The Labute approximate surface area is 124 Å². The summed E-state index contributed by atoms with van der Waals surface area (Å²) in [7, 11) is 1.68. The number of carbonyl (C=O) groups excluding carboxylic acids is 1. The first-order valence-corrected chi connectivity index (χ1v) is 6.96. The number of nitrogens with zero attached hydrogens (tertiary/aromatic N) is 2. The highest BCUT2D eigenvalue weighted by atomic mass is 16.5. The number of likely N-dealkylation sites (tertiary alicyclic amines) is 1. The normalized spacial score (nSPS) is 23.1. The van der Waals surface area contributed by atoms with E-state index in [9.17, 15) is 4.79 Å². The highest BCUT2D eigenvalue weighted by Crippen LogP contribution is 2.21. The van der Waals surface area contributed by atoms with Gasteiger partial charge < -0.3 is 20.6 Å². The number of oxime groups is 1. The van der Waals surface area contributed by atoms with Crippen LogP contribution in [0.25, 0.3) is 0 Å². The Hall–Kier alpha value is -2.08. The molecule has 1 amide bonds. The van der Waals surface area contributed by atoms with E-state index >= 15 is 0 Å². The van der Waals surface area contributed by atoms with E-state index in [0.717, 1.165) is 13.0 Å². The molecule has 1 aromatic carbocycles. The maximum absolute atomic E-state index is 12.5. The summed E-state index contributed by atoms with van der Waals surface area (Å²) in [4.78, 5) is 14.3. The summed E-state index contributed by atoms with van der Waals surface area (Å²) >= 11 is 0. The van der Waals surface area contributed by atoms with Crippen LogP contribution in [0, 0.1) is 5.92 Å². The van der Waals surface area contributed by atoms with Crippen LogP contribution >= 0.6 is 0 Å². The van der Waals surface area contributed by atoms with Crippen molar-refractivity contribution in [2.75, 3.05) is 20.2 Å². The Morgan fingerprint density at radius 2 is 2.00 bits per heavy atom. The van der Waals surface area contributed by atoms with Crippen molar-refractivity contribution in [2.24, 2.45) is 16.8 Å². The quantitative estimate of drug-likeness (QED) is 0.380. The highest BCUT2D eigenvalue weighted by molar-refractivity contribution is 5.99. The molecule has 1 fully saturated rings. The molecular weight excluding hydrogens is 270 g/mol. The molecule has 0 bridgehead atoms. The SMILES string of the molecule is COC1CN(C(=O)c2ccc(/C(N)=N/O)cc2)CCC1C. The first-order chi connectivity index (χ1) is 10.1. The fraction of sp³-hybridized carbons (Fsp3) is 0.467. The zero-order valence-corrected chi connectivity index (χ0v) is 12.3. The minimum Gasteiger partial charge on any atom is -0.409 e. The molecule has 0 aliphatic carbocycles. The summed E-state index contributed by atoms with van der Waals surface area (Å²) in [5, 5.41) is 11.6. The van der Waals surface area contributed by atoms with Gasteiger partial charge in [-0.2, -0.15) is 0 Å². The predicted octanol–water partition coefficient (Wildman–Crippen LogP) is 1.28. The first-order valence-electron chi connectivity index (χ1n) is 6.96. The Morgan fingerprint density at radius 1 is 1.38 bits per heavy atom. The number of nitrogens with two attached hydrogens (primary N) is 1. The van der Waals surface area contributed by atoms with Crippen LogP contribution in [-0.4, -0.2) is 48.2 Å². The molecule has 2 rings (SSSR count). The second-order valence-corrected chi connectivity index (χ2v) is 5.35. The molecule has 6 heteroatoms. The Bertz CT molecular complexity index is 527. The second-order valence-electron chi connectivity index (χ2n) is 5.35. The van der Waals surface area contributed by atoms with Crippen molar-refractivity contribution in [3.05, 3.63) is 35.4 Å². The number of carbonyl (C=O) groups is 1. The minimum absolute atomic E-state index is 0.0185. The standard InChI is InChI=1S/C15H21N3O3/c1-10-7-8-18(9-13(10)21-2)15(19)12-5-3-11(4-6-12)14(16)17-20/h3-6,10,13,20H,7-9H2,1-2H3,(H2,16,17). The van der Waals surface area contributed by atoms with E-state index in [1.165, 1.54) is 0 Å². The lowest BCUT2D eigenvalue weighted by molar-refractivity contribution is -0.00156. The van der Waals surface area contributed by atoms with Gasteiger partial charge in [0.1, 0.15) is 0 Å². The molecule has 1 aliphatic heterocycles. The topological polar surface area (TPSA) is 88.2 Å². The number of amides is 1. The molecular formula is C15H21N3O3. The lowest BCUT2D eigenvalue weighted by atomic mass is 9.95. The summed E-state index contributed by atoms with van der Waals surface area (Å²) in [6.45, 7) is 3.49. The van der Waals surface area contributed by atoms with Gasteiger partial charge in [-0.3, -0.25) is 4.79 Å². The summed E-state index contributed by atoms with van der Waals surface area (Å²) in [6.07, 6.45) is 1.02. The Morgan fingerprint density at radius 3 is 2.57 bits per heavy atom. The molecule has 6 nitrogen and oxygen atoms in total. The number of benzene rings is 1. The van der Waals surface area contributed by atoms with Gasteiger partial charge in [-0.05, 0) is 24.5 Å². The molecule has 21 heavy (non-hydrogen) atoms. The zero-order chi connectivity index (χ0) is 15.4. The zero-order valence-electron chi connectivity index (χ0n) is 12.3. The van der Waals surface area contributed by atoms with Gasteiger partial charge in [0.15, 0.2) is 5.84 Å². The van der Waals surface area contributed by atoms with Crippen molar-refractivity contribution in [1.29, 1.82) is 0 Å². The van der Waals surface area contributed by atoms with Gasteiger partial charge in [-0.15, -0.1) is 0 Å². The summed E-state index contributed by atoms with van der Waals surface area (Å²) in [6, 6.07) is 6.72. The number of hydrogen-bond acceptors (Lipinski definition) is 4. The molecule has 1 aromatic rings. The molecule has 114 valence electrons. The van der Waals surface area contributed by atoms with Crippen molar-refractivity contribution in [1.82, 2.24) is 4.90 Å². The van der Waals surface area contributed by atoms with Gasteiger partial charge in [0, 0.05) is 31.3 Å². The fourth-order valence-corrected chi connectivity index (χ4v) is 2.55. The molecule has 0 radical (unpaired) electrons.